The third kappa shape index (κ3) is 7.41. The van der Waals surface area contributed by atoms with Crippen LogP contribution in [0.5, 0.6) is 11.5 Å². The molecule has 0 bridgehead atoms. The molecule has 0 spiro atoms. The molecule has 318 valence electrons. The van der Waals surface area contributed by atoms with Gasteiger partial charge >= 0.3 is 5.97 Å². The number of hydrogen-bond acceptors (Lipinski definition) is 15. The van der Waals surface area contributed by atoms with Crippen molar-refractivity contribution in [2.24, 2.45) is 21.8 Å². The summed E-state index contributed by atoms with van der Waals surface area (Å²) in [5, 5.41) is 18.3. The van der Waals surface area contributed by atoms with Gasteiger partial charge in [-0.25, -0.2) is 19.9 Å². The van der Waals surface area contributed by atoms with E-state index in [9.17, 15) is 14.7 Å². The highest BCUT2D eigenvalue weighted by atomic mass is 32.1. The van der Waals surface area contributed by atoms with Crippen LogP contribution in [0.15, 0.2) is 46.9 Å². The van der Waals surface area contributed by atoms with E-state index in [1.807, 2.05) is 35.5 Å². The van der Waals surface area contributed by atoms with Gasteiger partial charge in [0.1, 0.15) is 45.5 Å². The molecule has 6 aromatic rings. The Hall–Kier alpha value is -6.04. The van der Waals surface area contributed by atoms with Gasteiger partial charge in [0, 0.05) is 34.6 Å². The molecule has 0 radical (unpaired) electrons. The number of anilines is 4. The Labute approximate surface area is 365 Å². The number of ether oxygens (including phenoxy) is 3. The Kier molecular flexibility index (Phi) is 10.8. The number of thiophene rings is 2. The summed E-state index contributed by atoms with van der Waals surface area (Å²) in [7, 11) is 3.33. The van der Waals surface area contributed by atoms with Crippen molar-refractivity contribution >= 4 is 90.4 Å². The molecule has 11 rings (SSSR count). The van der Waals surface area contributed by atoms with Gasteiger partial charge in [0.2, 0.25) is 5.91 Å². The Balaban J connectivity index is 0.000000151. The quantitative estimate of drug-likeness (QED) is 0.139. The first-order valence-corrected chi connectivity index (χ1v) is 22.5. The monoisotopic (exact) mass is 871 g/mol. The van der Waals surface area contributed by atoms with E-state index in [0.29, 0.717) is 45.7 Å². The summed E-state index contributed by atoms with van der Waals surface area (Å²) in [4.78, 5) is 57.6. The second-order valence-corrected chi connectivity index (χ2v) is 18.3. The van der Waals surface area contributed by atoms with E-state index in [1.165, 1.54) is 16.0 Å². The summed E-state index contributed by atoms with van der Waals surface area (Å²) in [6.45, 7) is 5.35. The van der Waals surface area contributed by atoms with Crippen molar-refractivity contribution in [2.75, 3.05) is 44.6 Å². The van der Waals surface area contributed by atoms with Crippen molar-refractivity contribution in [3.8, 4) is 11.5 Å². The Morgan fingerprint density at radius 2 is 1.31 bits per heavy atom. The molecular weight excluding hydrogens is 827 g/mol. The van der Waals surface area contributed by atoms with Gasteiger partial charge < -0.3 is 34.9 Å². The number of benzene rings is 2. The molecule has 7 heterocycles. The molecule has 4 aromatic heterocycles. The number of carboxylic acid groups (broad SMARTS) is 1. The van der Waals surface area contributed by atoms with E-state index < -0.39 is 5.97 Å². The second-order valence-electron chi connectivity index (χ2n) is 16.2. The van der Waals surface area contributed by atoms with Crippen LogP contribution in [-0.2, 0) is 53.1 Å². The smallest absolute Gasteiger partial charge is 0.306 e. The number of rotatable bonds is 8. The van der Waals surface area contributed by atoms with Crippen molar-refractivity contribution in [3.63, 3.8) is 0 Å². The topological polar surface area (TPSA) is 186 Å². The molecule has 0 saturated carbocycles. The number of aliphatic carboxylic acids is 1. The summed E-state index contributed by atoms with van der Waals surface area (Å²) in [6, 6.07) is 8.27. The van der Waals surface area contributed by atoms with Crippen LogP contribution in [0, 0.1) is 11.8 Å². The molecule has 5 aliphatic rings. The van der Waals surface area contributed by atoms with E-state index in [4.69, 9.17) is 14.2 Å². The zero-order valence-electron chi connectivity index (χ0n) is 34.6. The van der Waals surface area contributed by atoms with Gasteiger partial charge in [-0.3, -0.25) is 19.6 Å². The van der Waals surface area contributed by atoms with Crippen LogP contribution in [0.3, 0.4) is 0 Å². The molecule has 2 aliphatic carbocycles. The maximum atomic E-state index is 13.3. The SMILES string of the molecule is COc1cc2c(cc1Nc1ncnc3sc4c(c13)CC[C@H](C(=O)N1CCOC[C@H]1C)C4)C=NC2.COc1cc2c(cc1Nc1ncnc3sc4c(c13)CC[C@H](C(=O)O)C4)C=NC2. The number of nitrogens with one attached hydrogen (secondary N) is 2. The minimum absolute atomic E-state index is 0.0153. The van der Waals surface area contributed by atoms with Gasteiger partial charge in [-0.1, -0.05) is 0 Å². The van der Waals surface area contributed by atoms with E-state index in [2.05, 4.69) is 53.5 Å². The molecule has 62 heavy (non-hydrogen) atoms. The summed E-state index contributed by atoms with van der Waals surface area (Å²) < 4.78 is 16.7. The fourth-order valence-corrected chi connectivity index (χ4v) is 11.7. The molecule has 17 heteroatoms. The summed E-state index contributed by atoms with van der Waals surface area (Å²) in [6.07, 6.45) is 11.3. The predicted molar refractivity (Wildman–Crippen MR) is 241 cm³/mol. The van der Waals surface area contributed by atoms with Crippen molar-refractivity contribution in [2.45, 2.75) is 64.6 Å². The number of aryl methyl sites for hydroxylation is 2. The summed E-state index contributed by atoms with van der Waals surface area (Å²) in [5.41, 5.74) is 8.60. The van der Waals surface area contributed by atoms with Crippen molar-refractivity contribution in [1.29, 1.82) is 0 Å². The van der Waals surface area contributed by atoms with Crippen LogP contribution in [0.2, 0.25) is 0 Å². The van der Waals surface area contributed by atoms with Crippen molar-refractivity contribution in [3.05, 3.63) is 80.1 Å². The van der Waals surface area contributed by atoms with Crippen LogP contribution in [0.4, 0.5) is 23.0 Å². The highest BCUT2D eigenvalue weighted by molar-refractivity contribution is 7.19. The molecule has 1 saturated heterocycles. The maximum absolute atomic E-state index is 13.3. The van der Waals surface area contributed by atoms with Crippen LogP contribution >= 0.6 is 22.7 Å². The Morgan fingerprint density at radius 3 is 1.82 bits per heavy atom. The van der Waals surface area contributed by atoms with E-state index in [-0.39, 0.29) is 23.8 Å². The molecule has 1 amide bonds. The van der Waals surface area contributed by atoms with Crippen LogP contribution in [0.1, 0.15) is 62.9 Å². The lowest BCUT2D eigenvalue weighted by Gasteiger charge is -2.36. The fraction of sp³-hybridized carbons (Fsp3) is 0.378. The Morgan fingerprint density at radius 1 is 0.774 bits per heavy atom. The van der Waals surface area contributed by atoms with Crippen molar-refractivity contribution < 1.29 is 28.9 Å². The van der Waals surface area contributed by atoms with Crippen molar-refractivity contribution in [1.82, 2.24) is 24.8 Å². The lowest BCUT2D eigenvalue weighted by Crippen LogP contribution is -2.50. The number of morpholine rings is 1. The third-order valence-electron chi connectivity index (χ3n) is 12.5. The van der Waals surface area contributed by atoms with Crippen LogP contribution in [-0.4, -0.2) is 94.3 Å². The molecule has 15 nitrogen and oxygen atoms in total. The number of aliphatic imine (C=N–C) groups is 2. The number of nitrogens with zero attached hydrogens (tertiary/aromatic N) is 7. The first-order valence-electron chi connectivity index (χ1n) is 20.8. The molecular formula is C45H45N9O6S2. The number of aromatic nitrogens is 4. The second kappa shape index (κ2) is 16.7. The average Bonchev–Trinajstić information content (AvgIpc) is 4.10. The minimum Gasteiger partial charge on any atom is -0.495 e. The number of carbonyl (C=O) groups excluding carboxylic acids is 1. The molecule has 3 N–H and O–H groups in total. The predicted octanol–water partition coefficient (Wildman–Crippen LogP) is 7.29. The van der Waals surface area contributed by atoms with E-state index in [1.54, 1.807) is 49.5 Å². The van der Waals surface area contributed by atoms with Crippen LogP contribution < -0.4 is 20.1 Å². The maximum Gasteiger partial charge on any atom is 0.306 e. The van der Waals surface area contributed by atoms with Gasteiger partial charge in [0.05, 0.1) is 74.6 Å². The molecule has 1 fully saturated rings. The highest BCUT2D eigenvalue weighted by Crippen LogP contribution is 2.44. The van der Waals surface area contributed by atoms with Gasteiger partial charge in [0.25, 0.3) is 0 Å². The Bertz CT molecular complexity index is 2820. The lowest BCUT2D eigenvalue weighted by atomic mass is 9.86. The van der Waals surface area contributed by atoms with Gasteiger partial charge in [0.15, 0.2) is 0 Å². The molecule has 3 aliphatic heterocycles. The fourth-order valence-electron chi connectivity index (χ4n) is 9.19. The molecule has 3 atom stereocenters. The zero-order valence-corrected chi connectivity index (χ0v) is 36.2. The number of carboxylic acids is 1. The molecule has 2 aromatic carbocycles. The minimum atomic E-state index is -0.725. The zero-order chi connectivity index (χ0) is 42.5. The number of amides is 1. The standard InChI is InChI=1S/C25H27N5O3S.C20H18N4O3S/c1-14-12-33-6-5-30(14)25(31)15-3-4-18-21(9-15)34-24-22(18)23(27-13-28-24)29-19-7-16-10-26-11-17(16)8-20(19)32-2;1-27-15-5-12-8-21-7-11(12)4-14(15)24-18-17-13-3-2-10(20(25)26)6-16(13)28-19(17)23-9-22-18/h7-8,10,13-15H,3-6,9,11-12H2,1-2H3,(H,27,28,29);4-5,7,9-10H,2-3,6,8H2,1H3,(H,25,26)(H,22,23,24)/t14-,15+;10-/m10/s1. The first kappa shape index (κ1) is 40.1. The van der Waals surface area contributed by atoms with Gasteiger partial charge in [-0.05, 0) is 103 Å². The first-order chi connectivity index (χ1) is 30.3. The van der Waals surface area contributed by atoms with Gasteiger partial charge in [-0.2, -0.15) is 0 Å². The third-order valence-corrected chi connectivity index (χ3v) is 14.8. The summed E-state index contributed by atoms with van der Waals surface area (Å²) >= 11 is 3.25. The number of hydrogen-bond donors (Lipinski definition) is 3. The molecule has 0 unspecified atom stereocenters. The number of carbonyl (C=O) groups is 2. The highest BCUT2D eigenvalue weighted by Gasteiger charge is 2.35. The van der Waals surface area contributed by atoms with Gasteiger partial charge in [-0.15, -0.1) is 22.7 Å². The number of fused-ring (bicyclic) bond motifs is 8. The average molecular weight is 872 g/mol. The van der Waals surface area contributed by atoms with E-state index >= 15 is 0 Å². The normalized spacial score (nSPS) is 19.6. The largest absolute Gasteiger partial charge is 0.495 e. The number of methoxy groups -OCH3 is 2. The van der Waals surface area contributed by atoms with E-state index in [0.717, 1.165) is 108 Å². The summed E-state index contributed by atoms with van der Waals surface area (Å²) in [5.74, 6) is 2.25. The van der Waals surface area contributed by atoms with Crippen LogP contribution in [0.25, 0.3) is 20.4 Å². The lowest BCUT2D eigenvalue weighted by molar-refractivity contribution is -0.144.